The first kappa shape index (κ1) is 12.4. The lowest BCUT2D eigenvalue weighted by atomic mass is 10.1. The Kier molecular flexibility index (Phi) is 3.77. The van der Waals surface area contributed by atoms with Gasteiger partial charge in [0.2, 0.25) is 0 Å². The van der Waals surface area contributed by atoms with E-state index in [9.17, 15) is 4.79 Å². The van der Waals surface area contributed by atoms with E-state index in [1.807, 2.05) is 36.0 Å². The van der Waals surface area contributed by atoms with Crippen molar-refractivity contribution in [2.24, 2.45) is 7.05 Å². The number of aromatic nitrogens is 2. The molecule has 4 heteroatoms. The fraction of sp³-hybridized carbons (Fsp3) is 0.286. The predicted molar refractivity (Wildman–Crippen MR) is 68.9 cm³/mol. The van der Waals surface area contributed by atoms with Crippen molar-refractivity contribution in [3.05, 3.63) is 47.8 Å². The Balaban J connectivity index is 1.99. The van der Waals surface area contributed by atoms with Crippen LogP contribution in [0.15, 0.2) is 36.5 Å². The molecule has 1 aromatic carbocycles. The van der Waals surface area contributed by atoms with Crippen LogP contribution >= 0.6 is 0 Å². The van der Waals surface area contributed by atoms with E-state index >= 15 is 0 Å². The summed E-state index contributed by atoms with van der Waals surface area (Å²) in [6, 6.07) is 9.26. The van der Waals surface area contributed by atoms with Gasteiger partial charge in [0.25, 0.3) is 0 Å². The molecule has 0 bridgehead atoms. The molecule has 0 aliphatic carbocycles. The lowest BCUT2D eigenvalue weighted by Crippen LogP contribution is -2.08. The zero-order chi connectivity index (χ0) is 13.0. The minimum atomic E-state index is 0.0196. The Morgan fingerprint density at radius 3 is 2.78 bits per heavy atom. The quantitative estimate of drug-likeness (QED) is 0.758. The van der Waals surface area contributed by atoms with Crippen LogP contribution in [0.3, 0.4) is 0 Å². The van der Waals surface area contributed by atoms with E-state index in [0.29, 0.717) is 17.9 Å². The number of ether oxygens (including phenoxy) is 1. The molecule has 0 saturated heterocycles. The standard InChI is InChI=1S/C14H16N2O2/c1-11(17)13-5-3-4-6-14(13)18-10-8-12-7-9-15-16(12)2/h3-7,9H,8,10H2,1-2H3. The Morgan fingerprint density at radius 1 is 1.33 bits per heavy atom. The number of benzene rings is 1. The molecule has 1 heterocycles. The highest BCUT2D eigenvalue weighted by Crippen LogP contribution is 2.18. The third-order valence-electron chi connectivity index (χ3n) is 2.80. The molecule has 0 aliphatic heterocycles. The van der Waals surface area contributed by atoms with Crippen LogP contribution in [0.2, 0.25) is 0 Å². The molecule has 2 rings (SSSR count). The van der Waals surface area contributed by atoms with Gasteiger partial charge < -0.3 is 4.74 Å². The maximum absolute atomic E-state index is 11.4. The van der Waals surface area contributed by atoms with Gasteiger partial charge in [-0.15, -0.1) is 0 Å². The second kappa shape index (κ2) is 5.49. The van der Waals surface area contributed by atoms with E-state index in [2.05, 4.69) is 5.10 Å². The number of hydrogen-bond acceptors (Lipinski definition) is 3. The normalized spacial score (nSPS) is 10.3. The number of para-hydroxylation sites is 1. The molecule has 0 aliphatic rings. The number of hydrogen-bond donors (Lipinski definition) is 0. The minimum Gasteiger partial charge on any atom is -0.492 e. The van der Waals surface area contributed by atoms with Crippen LogP contribution in [0, 0.1) is 0 Å². The number of Topliss-reactive ketones (excluding diaryl/α,β-unsaturated/α-hetero) is 1. The van der Waals surface area contributed by atoms with Crippen molar-refractivity contribution in [1.82, 2.24) is 9.78 Å². The van der Waals surface area contributed by atoms with Crippen molar-refractivity contribution in [2.45, 2.75) is 13.3 Å². The monoisotopic (exact) mass is 244 g/mol. The molecule has 0 radical (unpaired) electrons. The van der Waals surface area contributed by atoms with Crippen molar-refractivity contribution >= 4 is 5.78 Å². The SMILES string of the molecule is CC(=O)c1ccccc1OCCc1ccnn1C. The summed E-state index contributed by atoms with van der Waals surface area (Å²) in [4.78, 5) is 11.4. The summed E-state index contributed by atoms with van der Waals surface area (Å²) in [6.45, 7) is 2.08. The maximum atomic E-state index is 11.4. The predicted octanol–water partition coefficient (Wildman–Crippen LogP) is 2.24. The van der Waals surface area contributed by atoms with Gasteiger partial charge >= 0.3 is 0 Å². The smallest absolute Gasteiger partial charge is 0.163 e. The van der Waals surface area contributed by atoms with Crippen LogP contribution in [-0.4, -0.2) is 22.2 Å². The average Bonchev–Trinajstić information content (AvgIpc) is 2.76. The Labute approximate surface area is 106 Å². The molecule has 94 valence electrons. The first-order valence-electron chi connectivity index (χ1n) is 5.88. The highest BCUT2D eigenvalue weighted by molar-refractivity contribution is 5.96. The summed E-state index contributed by atoms with van der Waals surface area (Å²) in [5.41, 5.74) is 1.73. The zero-order valence-corrected chi connectivity index (χ0v) is 10.6. The molecule has 0 atom stereocenters. The second-order valence-electron chi connectivity index (χ2n) is 4.10. The number of ketones is 1. The second-order valence-corrected chi connectivity index (χ2v) is 4.10. The highest BCUT2D eigenvalue weighted by atomic mass is 16.5. The van der Waals surface area contributed by atoms with E-state index in [4.69, 9.17) is 4.74 Å². The zero-order valence-electron chi connectivity index (χ0n) is 10.6. The van der Waals surface area contributed by atoms with Gasteiger partial charge in [0.1, 0.15) is 5.75 Å². The molecular formula is C14H16N2O2. The number of carbonyl (C=O) groups excluding carboxylic acids is 1. The fourth-order valence-electron chi connectivity index (χ4n) is 1.80. The molecule has 0 spiro atoms. The number of aryl methyl sites for hydroxylation is 1. The van der Waals surface area contributed by atoms with Crippen LogP contribution in [0.25, 0.3) is 0 Å². The highest BCUT2D eigenvalue weighted by Gasteiger charge is 2.07. The van der Waals surface area contributed by atoms with Gasteiger partial charge in [-0.3, -0.25) is 9.48 Å². The van der Waals surface area contributed by atoms with Crippen molar-refractivity contribution in [1.29, 1.82) is 0 Å². The van der Waals surface area contributed by atoms with Gasteiger partial charge in [-0.1, -0.05) is 12.1 Å². The summed E-state index contributed by atoms with van der Waals surface area (Å²) in [5, 5.41) is 4.10. The van der Waals surface area contributed by atoms with Gasteiger partial charge in [-0.25, -0.2) is 0 Å². The number of carbonyl (C=O) groups is 1. The molecule has 4 nitrogen and oxygen atoms in total. The molecule has 0 saturated carbocycles. The molecule has 0 fully saturated rings. The Morgan fingerprint density at radius 2 is 2.11 bits per heavy atom. The lowest BCUT2D eigenvalue weighted by molar-refractivity contribution is 0.101. The Bertz CT molecular complexity index is 546. The summed E-state index contributed by atoms with van der Waals surface area (Å²) in [6.07, 6.45) is 2.53. The first-order chi connectivity index (χ1) is 8.68. The molecule has 0 amide bonds. The lowest BCUT2D eigenvalue weighted by Gasteiger charge is -2.09. The van der Waals surface area contributed by atoms with E-state index < -0.39 is 0 Å². The summed E-state index contributed by atoms with van der Waals surface area (Å²) in [5.74, 6) is 0.665. The van der Waals surface area contributed by atoms with Gasteiger partial charge in [0.05, 0.1) is 12.2 Å². The largest absolute Gasteiger partial charge is 0.492 e. The van der Waals surface area contributed by atoms with Crippen LogP contribution in [-0.2, 0) is 13.5 Å². The number of nitrogens with zero attached hydrogens (tertiary/aromatic N) is 2. The van der Waals surface area contributed by atoms with Crippen molar-refractivity contribution < 1.29 is 9.53 Å². The van der Waals surface area contributed by atoms with Gasteiger partial charge in [0.15, 0.2) is 5.78 Å². The van der Waals surface area contributed by atoms with Crippen molar-refractivity contribution in [2.75, 3.05) is 6.61 Å². The van der Waals surface area contributed by atoms with E-state index in [0.717, 1.165) is 12.1 Å². The van der Waals surface area contributed by atoms with E-state index in [1.54, 1.807) is 19.2 Å². The Hall–Kier alpha value is -2.10. The fourth-order valence-corrected chi connectivity index (χ4v) is 1.80. The van der Waals surface area contributed by atoms with Gasteiger partial charge in [0, 0.05) is 25.4 Å². The number of rotatable bonds is 5. The summed E-state index contributed by atoms with van der Waals surface area (Å²) < 4.78 is 7.48. The molecule has 2 aromatic rings. The van der Waals surface area contributed by atoms with Gasteiger partial charge in [-0.05, 0) is 25.1 Å². The molecular weight excluding hydrogens is 228 g/mol. The first-order valence-corrected chi connectivity index (χ1v) is 5.88. The van der Waals surface area contributed by atoms with Crippen molar-refractivity contribution in [3.63, 3.8) is 0 Å². The average molecular weight is 244 g/mol. The third kappa shape index (κ3) is 2.77. The topological polar surface area (TPSA) is 44.1 Å². The van der Waals surface area contributed by atoms with E-state index in [1.165, 1.54) is 0 Å². The van der Waals surface area contributed by atoms with Crippen LogP contribution in [0.1, 0.15) is 23.0 Å². The third-order valence-corrected chi connectivity index (χ3v) is 2.80. The molecule has 0 N–H and O–H groups in total. The molecule has 0 unspecified atom stereocenters. The van der Waals surface area contributed by atoms with E-state index in [-0.39, 0.29) is 5.78 Å². The maximum Gasteiger partial charge on any atom is 0.163 e. The van der Waals surface area contributed by atoms with Gasteiger partial charge in [-0.2, -0.15) is 5.10 Å². The summed E-state index contributed by atoms with van der Waals surface area (Å²) in [7, 11) is 1.90. The minimum absolute atomic E-state index is 0.0196. The van der Waals surface area contributed by atoms with Crippen LogP contribution in [0.5, 0.6) is 5.75 Å². The molecule has 1 aromatic heterocycles. The van der Waals surface area contributed by atoms with Crippen molar-refractivity contribution in [3.8, 4) is 5.75 Å². The summed E-state index contributed by atoms with van der Waals surface area (Å²) >= 11 is 0. The van der Waals surface area contributed by atoms with Crippen LogP contribution < -0.4 is 4.74 Å². The van der Waals surface area contributed by atoms with Crippen LogP contribution in [0.4, 0.5) is 0 Å². The molecule has 18 heavy (non-hydrogen) atoms.